The van der Waals surface area contributed by atoms with E-state index in [1.807, 2.05) is 6.07 Å². The highest BCUT2D eigenvalue weighted by atomic mass is 19.4. The van der Waals surface area contributed by atoms with Crippen LogP contribution >= 0.6 is 0 Å². The van der Waals surface area contributed by atoms with E-state index in [9.17, 15) is 18.0 Å². The molecule has 0 aliphatic carbocycles. The van der Waals surface area contributed by atoms with Gasteiger partial charge in [-0.15, -0.1) is 10.2 Å². The first-order valence-electron chi connectivity index (χ1n) is 9.09. The van der Waals surface area contributed by atoms with Crippen LogP contribution in [0.4, 0.5) is 18.9 Å². The molecule has 0 spiro atoms. The number of fused-ring (bicyclic) bond motifs is 3. The monoisotopic (exact) mass is 392 g/mol. The van der Waals surface area contributed by atoms with E-state index in [1.165, 1.54) is 0 Å². The number of rotatable bonds is 4. The van der Waals surface area contributed by atoms with Crippen LogP contribution < -0.4 is 10.2 Å². The van der Waals surface area contributed by atoms with Crippen molar-refractivity contribution in [3.63, 3.8) is 0 Å². The minimum absolute atomic E-state index is 0.207. The normalized spacial score (nSPS) is 18.0. The molecule has 1 unspecified atom stereocenters. The van der Waals surface area contributed by atoms with E-state index in [-0.39, 0.29) is 6.04 Å². The Labute approximate surface area is 158 Å². The van der Waals surface area contributed by atoms with Crippen LogP contribution in [0.15, 0.2) is 24.7 Å². The van der Waals surface area contributed by atoms with Gasteiger partial charge in [0.1, 0.15) is 5.52 Å². The van der Waals surface area contributed by atoms with Gasteiger partial charge in [-0.1, -0.05) is 0 Å². The standard InChI is InChI=1S/C18H19F3N6O/c19-18(20,21)5-3-15(28)24-11-2-1-7-27(10-11)14-9-22-8-13-16(14)12-4-6-23-17(12)26-25-13/h4,6,8-9,11H,1-3,5,7,10H2,(H,23,26)(H,24,28). The second kappa shape index (κ2) is 7.25. The molecule has 0 saturated carbocycles. The molecule has 1 aliphatic heterocycles. The fourth-order valence-electron chi connectivity index (χ4n) is 3.65. The number of nitrogens with zero attached hydrogens (tertiary/aromatic N) is 4. The van der Waals surface area contributed by atoms with Crippen molar-refractivity contribution in [2.24, 2.45) is 0 Å². The maximum Gasteiger partial charge on any atom is 0.389 e. The van der Waals surface area contributed by atoms with Crippen LogP contribution in [-0.2, 0) is 4.79 Å². The van der Waals surface area contributed by atoms with Gasteiger partial charge in [0.25, 0.3) is 0 Å². The van der Waals surface area contributed by atoms with Gasteiger partial charge in [0.05, 0.1) is 24.5 Å². The molecule has 0 bridgehead atoms. The molecule has 28 heavy (non-hydrogen) atoms. The van der Waals surface area contributed by atoms with Crippen LogP contribution in [0, 0.1) is 0 Å². The molecule has 2 N–H and O–H groups in total. The molecule has 1 aliphatic rings. The van der Waals surface area contributed by atoms with Crippen molar-refractivity contribution in [1.82, 2.24) is 25.5 Å². The van der Waals surface area contributed by atoms with Crippen LogP contribution in [-0.4, -0.2) is 51.4 Å². The number of hydrogen-bond donors (Lipinski definition) is 2. The number of hydrogen-bond acceptors (Lipinski definition) is 5. The van der Waals surface area contributed by atoms with Gasteiger partial charge in [-0.25, -0.2) is 0 Å². The van der Waals surface area contributed by atoms with Crippen LogP contribution in [0.3, 0.4) is 0 Å². The van der Waals surface area contributed by atoms with E-state index in [1.54, 1.807) is 18.6 Å². The number of aromatic nitrogens is 4. The molecule has 7 nitrogen and oxygen atoms in total. The SMILES string of the molecule is O=C(CCC(F)(F)F)NC1CCCN(c2cncc3nnc4[nH]ccc4c23)C1. The van der Waals surface area contributed by atoms with Gasteiger partial charge in [0.15, 0.2) is 5.65 Å². The lowest BCUT2D eigenvalue weighted by Gasteiger charge is -2.35. The third kappa shape index (κ3) is 3.85. The molecule has 3 aromatic heterocycles. The van der Waals surface area contributed by atoms with Gasteiger partial charge in [-0.3, -0.25) is 9.78 Å². The average Bonchev–Trinajstić information content (AvgIpc) is 3.15. The van der Waals surface area contributed by atoms with Crippen molar-refractivity contribution in [3.05, 3.63) is 24.7 Å². The maximum absolute atomic E-state index is 12.3. The van der Waals surface area contributed by atoms with Gasteiger partial charge in [-0.2, -0.15) is 13.2 Å². The van der Waals surface area contributed by atoms with Crippen molar-refractivity contribution in [2.75, 3.05) is 18.0 Å². The zero-order chi connectivity index (χ0) is 19.7. The van der Waals surface area contributed by atoms with Gasteiger partial charge in [0, 0.05) is 42.5 Å². The number of carbonyl (C=O) groups is 1. The van der Waals surface area contributed by atoms with Crippen molar-refractivity contribution in [3.8, 4) is 0 Å². The Morgan fingerprint density at radius 3 is 3.00 bits per heavy atom. The molecule has 10 heteroatoms. The van der Waals surface area contributed by atoms with E-state index in [0.29, 0.717) is 17.7 Å². The minimum Gasteiger partial charge on any atom is -0.368 e. The molecule has 1 amide bonds. The third-order valence-corrected chi connectivity index (χ3v) is 4.92. The highest BCUT2D eigenvalue weighted by Crippen LogP contribution is 2.32. The lowest BCUT2D eigenvalue weighted by atomic mass is 10.0. The van der Waals surface area contributed by atoms with E-state index in [0.717, 1.165) is 35.8 Å². The number of carbonyl (C=O) groups excluding carboxylic acids is 1. The minimum atomic E-state index is -4.33. The second-order valence-electron chi connectivity index (χ2n) is 6.96. The van der Waals surface area contributed by atoms with E-state index in [4.69, 9.17) is 0 Å². The van der Waals surface area contributed by atoms with Crippen LogP contribution in [0.2, 0.25) is 0 Å². The smallest absolute Gasteiger partial charge is 0.368 e. The van der Waals surface area contributed by atoms with Gasteiger partial charge in [0.2, 0.25) is 5.91 Å². The van der Waals surface area contributed by atoms with Crippen molar-refractivity contribution >= 4 is 33.5 Å². The number of pyridine rings is 1. The first kappa shape index (κ1) is 18.5. The average molecular weight is 392 g/mol. The summed E-state index contributed by atoms with van der Waals surface area (Å²) in [5, 5.41) is 12.9. The highest BCUT2D eigenvalue weighted by Gasteiger charge is 2.29. The largest absolute Gasteiger partial charge is 0.389 e. The van der Waals surface area contributed by atoms with Crippen molar-refractivity contribution < 1.29 is 18.0 Å². The van der Waals surface area contributed by atoms with Crippen molar-refractivity contribution in [2.45, 2.75) is 37.9 Å². The van der Waals surface area contributed by atoms with Crippen molar-refractivity contribution in [1.29, 1.82) is 0 Å². The fourth-order valence-corrected chi connectivity index (χ4v) is 3.65. The summed E-state index contributed by atoms with van der Waals surface area (Å²) in [6.45, 7) is 1.27. The molecular formula is C18H19F3N6O. The van der Waals surface area contributed by atoms with Gasteiger partial charge in [-0.05, 0) is 18.9 Å². The summed E-state index contributed by atoms with van der Waals surface area (Å²) in [7, 11) is 0. The first-order valence-corrected chi connectivity index (χ1v) is 9.09. The number of aromatic amines is 1. The molecule has 0 radical (unpaired) electrons. The lowest BCUT2D eigenvalue weighted by molar-refractivity contribution is -0.144. The van der Waals surface area contributed by atoms with Crippen LogP contribution in [0.5, 0.6) is 0 Å². The number of halogens is 3. The second-order valence-corrected chi connectivity index (χ2v) is 6.96. The quantitative estimate of drug-likeness (QED) is 0.713. The van der Waals surface area contributed by atoms with E-state index >= 15 is 0 Å². The topological polar surface area (TPSA) is 86.8 Å². The number of amides is 1. The Hall–Kier alpha value is -2.91. The Kier molecular flexibility index (Phi) is 4.78. The van der Waals surface area contributed by atoms with Gasteiger partial charge >= 0.3 is 6.18 Å². The summed E-state index contributed by atoms with van der Waals surface area (Å²) in [5.74, 6) is -0.570. The molecule has 1 fully saturated rings. The first-order chi connectivity index (χ1) is 13.4. The summed E-state index contributed by atoms with van der Waals surface area (Å²) in [5.41, 5.74) is 2.22. The summed E-state index contributed by atoms with van der Waals surface area (Å²) in [6.07, 6.45) is 0.766. The molecule has 4 heterocycles. The summed E-state index contributed by atoms with van der Waals surface area (Å²) in [6, 6.07) is 1.72. The number of alkyl halides is 3. The van der Waals surface area contributed by atoms with E-state index in [2.05, 4.69) is 30.4 Å². The highest BCUT2D eigenvalue weighted by molar-refractivity contribution is 6.09. The molecule has 148 valence electrons. The Morgan fingerprint density at radius 1 is 1.32 bits per heavy atom. The summed E-state index contributed by atoms with van der Waals surface area (Å²) < 4.78 is 37.0. The van der Waals surface area contributed by atoms with Crippen LogP contribution in [0.25, 0.3) is 21.9 Å². The van der Waals surface area contributed by atoms with Gasteiger partial charge < -0.3 is 15.2 Å². The molecule has 4 rings (SSSR count). The number of H-pyrrole nitrogens is 1. The third-order valence-electron chi connectivity index (χ3n) is 4.92. The van der Waals surface area contributed by atoms with Crippen LogP contribution in [0.1, 0.15) is 25.7 Å². The Balaban J connectivity index is 1.54. The Bertz CT molecular complexity index is 1000. The molecule has 0 aromatic carbocycles. The molecular weight excluding hydrogens is 373 g/mol. The predicted molar refractivity (Wildman–Crippen MR) is 97.9 cm³/mol. The number of piperidine rings is 1. The number of nitrogens with one attached hydrogen (secondary N) is 2. The number of anilines is 1. The zero-order valence-corrected chi connectivity index (χ0v) is 15.0. The summed E-state index contributed by atoms with van der Waals surface area (Å²) >= 11 is 0. The lowest BCUT2D eigenvalue weighted by Crippen LogP contribution is -2.48. The molecule has 1 saturated heterocycles. The fraction of sp³-hybridized carbons (Fsp3) is 0.444. The predicted octanol–water partition coefficient (Wildman–Crippen LogP) is 2.93. The van der Waals surface area contributed by atoms with E-state index < -0.39 is 24.9 Å². The summed E-state index contributed by atoms with van der Waals surface area (Å²) in [4.78, 5) is 21.3. The maximum atomic E-state index is 12.3. The zero-order valence-electron chi connectivity index (χ0n) is 15.0. The molecule has 1 atom stereocenters. The molecule has 3 aromatic rings. The Morgan fingerprint density at radius 2 is 2.18 bits per heavy atom.